The van der Waals surface area contributed by atoms with E-state index >= 15 is 0 Å². The van der Waals surface area contributed by atoms with Crippen LogP contribution in [0.2, 0.25) is 0 Å². The van der Waals surface area contributed by atoms with Crippen molar-refractivity contribution in [2.45, 2.75) is 26.8 Å². The van der Waals surface area contributed by atoms with Crippen LogP contribution in [0.4, 0.5) is 5.88 Å². The van der Waals surface area contributed by atoms with Gasteiger partial charge >= 0.3 is 0 Å². The van der Waals surface area contributed by atoms with E-state index < -0.39 is 0 Å². The molecule has 160 valence electrons. The van der Waals surface area contributed by atoms with E-state index in [4.69, 9.17) is 9.26 Å². The summed E-state index contributed by atoms with van der Waals surface area (Å²) in [6, 6.07) is 13.8. The minimum atomic E-state index is 0.0202. The minimum absolute atomic E-state index is 0.0202. The number of nitrogens with zero attached hydrogens (tertiary/aromatic N) is 3. The third kappa shape index (κ3) is 5.09. The van der Waals surface area contributed by atoms with Crippen LogP contribution in [0.5, 0.6) is 0 Å². The Morgan fingerprint density at radius 3 is 2.53 bits per heavy atom. The summed E-state index contributed by atoms with van der Waals surface area (Å²) < 4.78 is 11.0. The van der Waals surface area contributed by atoms with Gasteiger partial charge in [0.05, 0.1) is 17.0 Å². The molecule has 0 unspecified atom stereocenters. The lowest BCUT2D eigenvalue weighted by Gasteiger charge is -2.24. The second kappa shape index (κ2) is 10.9. The van der Waals surface area contributed by atoms with Crippen molar-refractivity contribution in [3.05, 3.63) is 58.3 Å². The van der Waals surface area contributed by atoms with Gasteiger partial charge in [0, 0.05) is 38.9 Å². The summed E-state index contributed by atoms with van der Waals surface area (Å²) in [5.74, 6) is 0.751. The first-order valence-electron chi connectivity index (χ1n) is 10.3. The van der Waals surface area contributed by atoms with Crippen LogP contribution in [-0.2, 0) is 11.3 Å². The molecule has 0 saturated heterocycles. The predicted octanol–water partition coefficient (Wildman–Crippen LogP) is 4.93. The summed E-state index contributed by atoms with van der Waals surface area (Å²) in [6.07, 6.45) is 0.764. The standard InChI is InChI=1S/C23H29N3O3S/c1-4-25(5-2)23-19(21(24-29-23)18-11-7-6-8-12-18)17-26(14-10-15-28-3)22(27)20-13-9-16-30-20/h6-9,11-13,16H,4-5,10,14-15,17H2,1-3H3. The molecule has 2 heterocycles. The molecular weight excluding hydrogens is 398 g/mol. The number of amides is 1. The van der Waals surface area contributed by atoms with E-state index in [0.717, 1.165) is 47.1 Å². The number of benzene rings is 1. The van der Waals surface area contributed by atoms with Gasteiger partial charge in [-0.2, -0.15) is 0 Å². The van der Waals surface area contributed by atoms with Crippen LogP contribution in [0.3, 0.4) is 0 Å². The van der Waals surface area contributed by atoms with Gasteiger partial charge in [-0.15, -0.1) is 11.3 Å². The minimum Gasteiger partial charge on any atom is -0.385 e. The summed E-state index contributed by atoms with van der Waals surface area (Å²) in [5.41, 5.74) is 2.70. The molecule has 1 aromatic carbocycles. The summed E-state index contributed by atoms with van der Waals surface area (Å²) in [5, 5.41) is 6.33. The van der Waals surface area contributed by atoms with Gasteiger partial charge in [-0.1, -0.05) is 41.6 Å². The molecule has 3 aromatic rings. The van der Waals surface area contributed by atoms with Crippen molar-refractivity contribution >= 4 is 23.1 Å². The molecule has 7 heteroatoms. The number of carbonyl (C=O) groups excluding carboxylic acids is 1. The fourth-order valence-electron chi connectivity index (χ4n) is 3.42. The van der Waals surface area contributed by atoms with E-state index in [1.165, 1.54) is 11.3 Å². The van der Waals surface area contributed by atoms with Crippen molar-refractivity contribution in [1.82, 2.24) is 10.1 Å². The lowest BCUT2D eigenvalue weighted by Crippen LogP contribution is -2.32. The first-order valence-corrected chi connectivity index (χ1v) is 11.2. The monoisotopic (exact) mass is 427 g/mol. The molecule has 0 radical (unpaired) electrons. The van der Waals surface area contributed by atoms with Gasteiger partial charge in [0.2, 0.25) is 5.88 Å². The molecule has 6 nitrogen and oxygen atoms in total. The number of thiophene rings is 1. The van der Waals surface area contributed by atoms with E-state index in [1.54, 1.807) is 7.11 Å². The molecule has 0 atom stereocenters. The lowest BCUT2D eigenvalue weighted by atomic mass is 10.1. The van der Waals surface area contributed by atoms with Crippen molar-refractivity contribution in [2.24, 2.45) is 0 Å². The number of ether oxygens (including phenoxy) is 1. The predicted molar refractivity (Wildman–Crippen MR) is 121 cm³/mol. The molecular formula is C23H29N3O3S. The summed E-state index contributed by atoms with van der Waals surface area (Å²) >= 11 is 1.46. The summed E-state index contributed by atoms with van der Waals surface area (Å²) in [7, 11) is 1.68. The molecule has 0 bridgehead atoms. The smallest absolute Gasteiger partial charge is 0.264 e. The van der Waals surface area contributed by atoms with Crippen molar-refractivity contribution < 1.29 is 14.1 Å². The Morgan fingerprint density at radius 2 is 1.90 bits per heavy atom. The highest BCUT2D eigenvalue weighted by Crippen LogP contribution is 2.33. The van der Waals surface area contributed by atoms with Gasteiger partial charge < -0.3 is 19.1 Å². The van der Waals surface area contributed by atoms with E-state index in [0.29, 0.717) is 19.7 Å². The average Bonchev–Trinajstić information content (AvgIpc) is 3.45. The van der Waals surface area contributed by atoms with Crippen molar-refractivity contribution in [3.8, 4) is 11.3 Å². The molecule has 0 spiro atoms. The van der Waals surface area contributed by atoms with Crippen LogP contribution < -0.4 is 4.90 Å². The van der Waals surface area contributed by atoms with Gasteiger partial charge in [-0.25, -0.2) is 0 Å². The zero-order valence-electron chi connectivity index (χ0n) is 17.8. The van der Waals surface area contributed by atoms with Crippen LogP contribution in [0.1, 0.15) is 35.5 Å². The fraction of sp³-hybridized carbons (Fsp3) is 0.391. The number of hydrogen-bond donors (Lipinski definition) is 0. The van der Waals surface area contributed by atoms with Crippen LogP contribution in [-0.4, -0.2) is 49.3 Å². The second-order valence-corrected chi connectivity index (χ2v) is 7.85. The fourth-order valence-corrected chi connectivity index (χ4v) is 4.12. The summed E-state index contributed by atoms with van der Waals surface area (Å²) in [4.78, 5) is 18.0. The molecule has 0 N–H and O–H groups in total. The number of anilines is 1. The Bertz CT molecular complexity index is 905. The normalized spacial score (nSPS) is 10.9. The topological polar surface area (TPSA) is 58.8 Å². The van der Waals surface area contributed by atoms with E-state index in [2.05, 4.69) is 23.9 Å². The zero-order chi connectivity index (χ0) is 21.3. The summed E-state index contributed by atoms with van der Waals surface area (Å²) in [6.45, 7) is 7.41. The largest absolute Gasteiger partial charge is 0.385 e. The number of rotatable bonds is 11. The highest BCUT2D eigenvalue weighted by Gasteiger charge is 2.26. The average molecular weight is 428 g/mol. The molecule has 0 aliphatic carbocycles. The highest BCUT2D eigenvalue weighted by atomic mass is 32.1. The third-order valence-electron chi connectivity index (χ3n) is 5.01. The lowest BCUT2D eigenvalue weighted by molar-refractivity contribution is 0.0729. The van der Waals surface area contributed by atoms with Crippen molar-refractivity contribution in [1.29, 1.82) is 0 Å². The van der Waals surface area contributed by atoms with Gasteiger partial charge in [0.1, 0.15) is 5.69 Å². The van der Waals surface area contributed by atoms with E-state index in [1.807, 2.05) is 52.7 Å². The maximum atomic E-state index is 13.2. The van der Waals surface area contributed by atoms with Crippen molar-refractivity contribution in [3.63, 3.8) is 0 Å². The molecule has 0 aliphatic heterocycles. The number of hydrogen-bond acceptors (Lipinski definition) is 6. The molecule has 30 heavy (non-hydrogen) atoms. The SMILES string of the molecule is CCN(CC)c1onc(-c2ccccc2)c1CN(CCCOC)C(=O)c1cccs1. The molecule has 0 saturated carbocycles. The third-order valence-corrected chi connectivity index (χ3v) is 5.87. The van der Waals surface area contributed by atoms with Crippen LogP contribution in [0.25, 0.3) is 11.3 Å². The van der Waals surface area contributed by atoms with Crippen molar-refractivity contribution in [2.75, 3.05) is 38.3 Å². The Balaban J connectivity index is 1.99. The van der Waals surface area contributed by atoms with E-state index in [9.17, 15) is 4.79 Å². The van der Waals surface area contributed by atoms with E-state index in [-0.39, 0.29) is 5.91 Å². The van der Waals surface area contributed by atoms with Gasteiger partial charge in [0.15, 0.2) is 0 Å². The quantitative estimate of drug-likeness (QED) is 0.406. The van der Waals surface area contributed by atoms with Crippen LogP contribution >= 0.6 is 11.3 Å². The maximum absolute atomic E-state index is 13.2. The Hall–Kier alpha value is -2.64. The Morgan fingerprint density at radius 1 is 1.13 bits per heavy atom. The molecule has 3 rings (SSSR count). The van der Waals surface area contributed by atoms with Gasteiger partial charge in [-0.3, -0.25) is 4.79 Å². The van der Waals surface area contributed by atoms with Gasteiger partial charge in [0.25, 0.3) is 5.91 Å². The maximum Gasteiger partial charge on any atom is 0.264 e. The van der Waals surface area contributed by atoms with Gasteiger partial charge in [-0.05, 0) is 31.7 Å². The highest BCUT2D eigenvalue weighted by molar-refractivity contribution is 7.12. The molecule has 2 aromatic heterocycles. The zero-order valence-corrected chi connectivity index (χ0v) is 18.7. The number of aromatic nitrogens is 1. The first-order chi connectivity index (χ1) is 14.7. The first kappa shape index (κ1) is 22.1. The number of methoxy groups -OCH3 is 1. The molecule has 1 amide bonds. The Labute approximate surface area is 182 Å². The Kier molecular flexibility index (Phi) is 8.04. The molecule has 0 fully saturated rings. The second-order valence-electron chi connectivity index (χ2n) is 6.90. The van der Waals surface area contributed by atoms with Crippen LogP contribution in [0, 0.1) is 0 Å². The number of carbonyl (C=O) groups is 1. The van der Waals surface area contributed by atoms with Crippen LogP contribution in [0.15, 0.2) is 52.4 Å². The molecule has 0 aliphatic rings.